The fourth-order valence-electron chi connectivity index (χ4n) is 2.58. The molecule has 2 aromatic rings. The number of aromatic amines is 1. The Labute approximate surface area is 122 Å². The van der Waals surface area contributed by atoms with Crippen molar-refractivity contribution >= 4 is 5.95 Å². The maximum Gasteiger partial charge on any atom is 0.245 e. The zero-order chi connectivity index (χ0) is 14.8. The fourth-order valence-corrected chi connectivity index (χ4v) is 2.58. The van der Waals surface area contributed by atoms with E-state index in [0.29, 0.717) is 23.4 Å². The van der Waals surface area contributed by atoms with E-state index in [1.54, 1.807) is 0 Å². The van der Waals surface area contributed by atoms with Crippen LogP contribution in [0.1, 0.15) is 12.8 Å². The zero-order valence-corrected chi connectivity index (χ0v) is 11.8. The molecule has 1 aromatic heterocycles. The Bertz CT molecular complexity index is 622. The standard InChI is InChI=1S/C14H18FN5O/c1-16-10-4-6-20(7-5-10)14-17-13(18-19-14)11-8-9(15)2-3-12(11)21/h2-3,8,10,16,21H,4-7H2,1H3,(H,17,18,19). The van der Waals surface area contributed by atoms with Gasteiger partial charge in [-0.1, -0.05) is 0 Å². The van der Waals surface area contributed by atoms with Gasteiger partial charge >= 0.3 is 0 Å². The van der Waals surface area contributed by atoms with Crippen molar-refractivity contribution in [3.63, 3.8) is 0 Å². The molecule has 1 aliphatic rings. The van der Waals surface area contributed by atoms with E-state index in [2.05, 4.69) is 25.4 Å². The minimum atomic E-state index is -0.421. The third kappa shape index (κ3) is 2.82. The first-order chi connectivity index (χ1) is 10.2. The van der Waals surface area contributed by atoms with Gasteiger partial charge in [0, 0.05) is 19.1 Å². The van der Waals surface area contributed by atoms with Crippen molar-refractivity contribution in [1.29, 1.82) is 0 Å². The SMILES string of the molecule is CNC1CCN(c2n[nH]c(-c3cc(F)ccc3O)n2)CC1. The topological polar surface area (TPSA) is 77.1 Å². The lowest BCUT2D eigenvalue weighted by Gasteiger charge is -2.30. The number of aromatic hydroxyl groups is 1. The molecule has 0 atom stereocenters. The second-order valence-corrected chi connectivity index (χ2v) is 5.20. The van der Waals surface area contributed by atoms with Crippen LogP contribution < -0.4 is 10.2 Å². The van der Waals surface area contributed by atoms with Gasteiger partial charge in [0.05, 0.1) is 5.56 Å². The minimum absolute atomic E-state index is 0.0204. The number of nitrogens with one attached hydrogen (secondary N) is 2. The van der Waals surface area contributed by atoms with Crippen molar-refractivity contribution in [2.24, 2.45) is 0 Å². The Morgan fingerprint density at radius 2 is 2.14 bits per heavy atom. The molecular weight excluding hydrogens is 273 g/mol. The number of H-pyrrole nitrogens is 1. The number of halogens is 1. The van der Waals surface area contributed by atoms with Crippen LogP contribution in [0.4, 0.5) is 10.3 Å². The van der Waals surface area contributed by atoms with Crippen molar-refractivity contribution < 1.29 is 9.50 Å². The summed E-state index contributed by atoms with van der Waals surface area (Å²) in [6.07, 6.45) is 2.07. The number of anilines is 1. The van der Waals surface area contributed by atoms with Crippen molar-refractivity contribution in [2.45, 2.75) is 18.9 Å². The van der Waals surface area contributed by atoms with Gasteiger partial charge < -0.3 is 15.3 Å². The molecule has 3 N–H and O–H groups in total. The molecule has 1 fully saturated rings. The van der Waals surface area contributed by atoms with E-state index in [1.807, 2.05) is 7.05 Å². The molecule has 0 amide bonds. The van der Waals surface area contributed by atoms with E-state index in [-0.39, 0.29) is 5.75 Å². The third-order valence-corrected chi connectivity index (χ3v) is 3.87. The van der Waals surface area contributed by atoms with E-state index < -0.39 is 5.82 Å². The molecule has 1 aliphatic heterocycles. The van der Waals surface area contributed by atoms with Gasteiger partial charge in [-0.25, -0.2) is 4.39 Å². The number of hydrogen-bond acceptors (Lipinski definition) is 5. The molecule has 0 saturated carbocycles. The summed E-state index contributed by atoms with van der Waals surface area (Å²) >= 11 is 0. The Kier molecular flexibility index (Phi) is 3.74. The van der Waals surface area contributed by atoms with Crippen molar-refractivity contribution in [2.75, 3.05) is 25.0 Å². The Hall–Kier alpha value is -2.15. The van der Waals surface area contributed by atoms with Crippen molar-refractivity contribution in [1.82, 2.24) is 20.5 Å². The van der Waals surface area contributed by atoms with E-state index in [4.69, 9.17) is 0 Å². The van der Waals surface area contributed by atoms with Crippen LogP contribution >= 0.6 is 0 Å². The maximum absolute atomic E-state index is 13.3. The number of hydrogen-bond donors (Lipinski definition) is 3. The van der Waals surface area contributed by atoms with Crippen LogP contribution in [0.5, 0.6) is 5.75 Å². The second kappa shape index (κ2) is 5.69. The van der Waals surface area contributed by atoms with Gasteiger partial charge in [-0.3, -0.25) is 5.10 Å². The smallest absolute Gasteiger partial charge is 0.245 e. The predicted molar refractivity (Wildman–Crippen MR) is 77.7 cm³/mol. The highest BCUT2D eigenvalue weighted by atomic mass is 19.1. The monoisotopic (exact) mass is 291 g/mol. The third-order valence-electron chi connectivity index (χ3n) is 3.87. The maximum atomic E-state index is 13.3. The fraction of sp³-hybridized carbons (Fsp3) is 0.429. The highest BCUT2D eigenvalue weighted by Crippen LogP contribution is 2.28. The Balaban J connectivity index is 1.79. The number of benzene rings is 1. The molecule has 0 aliphatic carbocycles. The van der Waals surface area contributed by atoms with Crippen LogP contribution in [-0.4, -0.2) is 46.5 Å². The average molecular weight is 291 g/mol. The largest absolute Gasteiger partial charge is 0.507 e. The molecule has 2 heterocycles. The lowest BCUT2D eigenvalue weighted by atomic mass is 10.1. The summed E-state index contributed by atoms with van der Waals surface area (Å²) in [7, 11) is 1.97. The van der Waals surface area contributed by atoms with Crippen molar-refractivity contribution in [3.05, 3.63) is 24.0 Å². The molecule has 7 heteroatoms. The molecule has 112 valence electrons. The minimum Gasteiger partial charge on any atom is -0.507 e. The molecule has 1 aromatic carbocycles. The van der Waals surface area contributed by atoms with Gasteiger partial charge in [-0.2, -0.15) is 4.98 Å². The number of aromatic nitrogens is 3. The lowest BCUT2D eigenvalue weighted by Crippen LogP contribution is -2.41. The Morgan fingerprint density at radius 1 is 1.38 bits per heavy atom. The summed E-state index contributed by atoms with van der Waals surface area (Å²) in [4.78, 5) is 6.46. The number of phenolic OH excluding ortho intramolecular Hbond substituents is 1. The molecule has 0 unspecified atom stereocenters. The molecule has 3 rings (SSSR count). The number of rotatable bonds is 3. The highest BCUT2D eigenvalue weighted by Gasteiger charge is 2.21. The normalized spacial score (nSPS) is 16.4. The summed E-state index contributed by atoms with van der Waals surface area (Å²) < 4.78 is 13.3. The predicted octanol–water partition coefficient (Wildman–Crippen LogP) is 1.50. The van der Waals surface area contributed by atoms with Crippen LogP contribution in [0.15, 0.2) is 18.2 Å². The molecule has 21 heavy (non-hydrogen) atoms. The van der Waals surface area contributed by atoms with E-state index in [0.717, 1.165) is 25.9 Å². The van der Waals surface area contributed by atoms with Crippen LogP contribution in [0.25, 0.3) is 11.4 Å². The zero-order valence-electron chi connectivity index (χ0n) is 11.8. The van der Waals surface area contributed by atoms with Crippen molar-refractivity contribution in [3.8, 4) is 17.1 Å². The first-order valence-corrected chi connectivity index (χ1v) is 7.01. The van der Waals surface area contributed by atoms with Crippen LogP contribution in [0, 0.1) is 5.82 Å². The van der Waals surface area contributed by atoms with Gasteiger partial charge in [0.1, 0.15) is 11.6 Å². The Morgan fingerprint density at radius 3 is 2.86 bits per heavy atom. The van der Waals surface area contributed by atoms with Crippen LogP contribution in [0.3, 0.4) is 0 Å². The molecule has 0 radical (unpaired) electrons. The summed E-state index contributed by atoms with van der Waals surface area (Å²) in [6, 6.07) is 4.29. The quantitative estimate of drug-likeness (QED) is 0.799. The number of piperidine rings is 1. The summed E-state index contributed by atoms with van der Waals surface area (Å²) in [5, 5.41) is 20.0. The number of nitrogens with zero attached hydrogens (tertiary/aromatic N) is 3. The van der Waals surface area contributed by atoms with Crippen LogP contribution in [0.2, 0.25) is 0 Å². The van der Waals surface area contributed by atoms with Gasteiger partial charge in [0.15, 0.2) is 5.82 Å². The van der Waals surface area contributed by atoms with Crippen LogP contribution in [-0.2, 0) is 0 Å². The lowest BCUT2D eigenvalue weighted by molar-refractivity contribution is 0.439. The second-order valence-electron chi connectivity index (χ2n) is 5.20. The first-order valence-electron chi connectivity index (χ1n) is 7.01. The molecular formula is C14H18FN5O. The van der Waals surface area contributed by atoms with Gasteiger partial charge in [-0.05, 0) is 38.1 Å². The van der Waals surface area contributed by atoms with E-state index in [9.17, 15) is 9.50 Å². The van der Waals surface area contributed by atoms with E-state index in [1.165, 1.54) is 18.2 Å². The highest BCUT2D eigenvalue weighted by molar-refractivity contribution is 5.64. The summed E-state index contributed by atoms with van der Waals surface area (Å²) in [6.45, 7) is 1.75. The first kappa shape index (κ1) is 13.8. The van der Waals surface area contributed by atoms with Gasteiger partial charge in [0.25, 0.3) is 0 Å². The molecule has 6 nitrogen and oxygen atoms in total. The average Bonchev–Trinajstić information content (AvgIpc) is 2.99. The van der Waals surface area contributed by atoms with E-state index >= 15 is 0 Å². The molecule has 0 bridgehead atoms. The van der Waals surface area contributed by atoms with Gasteiger partial charge in [-0.15, -0.1) is 5.10 Å². The molecule has 0 spiro atoms. The summed E-state index contributed by atoms with van der Waals surface area (Å²) in [5.41, 5.74) is 0.318. The summed E-state index contributed by atoms with van der Waals surface area (Å²) in [5.74, 6) is 0.518. The number of phenols is 1. The van der Waals surface area contributed by atoms with Gasteiger partial charge in [0.2, 0.25) is 5.95 Å². The molecule has 1 saturated heterocycles.